The van der Waals surface area contributed by atoms with Crippen molar-refractivity contribution in [3.63, 3.8) is 0 Å². The summed E-state index contributed by atoms with van der Waals surface area (Å²) >= 11 is 0. The Balaban J connectivity index is 2.78. The molecule has 1 aromatic carbocycles. The molecule has 0 unspecified atom stereocenters. The third-order valence-corrected chi connectivity index (χ3v) is 2.21. The Morgan fingerprint density at radius 3 is 2.82 bits per heavy atom. The minimum Gasteiger partial charge on any atom is -0.493 e. The summed E-state index contributed by atoms with van der Waals surface area (Å²) in [6.07, 6.45) is 0.710. The van der Waals surface area contributed by atoms with Gasteiger partial charge in [0, 0.05) is 24.1 Å². The van der Waals surface area contributed by atoms with Gasteiger partial charge in [0.1, 0.15) is 5.75 Å². The molecule has 0 bridgehead atoms. The minimum atomic E-state index is -0.503. The van der Waals surface area contributed by atoms with E-state index in [0.717, 1.165) is 5.57 Å². The van der Waals surface area contributed by atoms with Crippen molar-refractivity contribution in [3.8, 4) is 5.75 Å². The first-order chi connectivity index (χ1) is 8.04. The number of benzene rings is 1. The monoisotopic (exact) mass is 237 g/mol. The number of hydrogen-bond donors (Lipinski definition) is 1. The van der Waals surface area contributed by atoms with Gasteiger partial charge in [0.05, 0.1) is 18.1 Å². The highest BCUT2D eigenvalue weighted by atomic mass is 16.6. The molecule has 0 aliphatic carbocycles. The van der Waals surface area contributed by atoms with Crippen LogP contribution in [0.5, 0.6) is 5.75 Å². The van der Waals surface area contributed by atoms with Crippen LogP contribution in [0.4, 0.5) is 5.69 Å². The quantitative estimate of drug-likeness (QED) is 0.468. The van der Waals surface area contributed by atoms with E-state index in [4.69, 9.17) is 9.84 Å². The molecule has 0 saturated carbocycles. The lowest BCUT2D eigenvalue weighted by atomic mass is 10.2. The molecule has 0 aromatic heterocycles. The Morgan fingerprint density at radius 1 is 1.59 bits per heavy atom. The van der Waals surface area contributed by atoms with Gasteiger partial charge >= 0.3 is 0 Å². The molecule has 0 atom stereocenters. The van der Waals surface area contributed by atoms with E-state index < -0.39 is 4.92 Å². The molecule has 1 aromatic rings. The standard InChI is InChI=1S/C12H15NO4/c1-9(2)5-6-17-12-4-3-11(13(15)16)7-10(12)8-14/h3-4,7,14H,1,5-6,8H2,2H3. The predicted molar refractivity (Wildman–Crippen MR) is 63.9 cm³/mol. The Labute approximate surface area is 99.5 Å². The van der Waals surface area contributed by atoms with E-state index in [1.807, 2.05) is 6.92 Å². The highest BCUT2D eigenvalue weighted by molar-refractivity contribution is 5.43. The maximum absolute atomic E-state index is 10.6. The molecular formula is C12H15NO4. The molecule has 0 amide bonds. The van der Waals surface area contributed by atoms with Gasteiger partial charge < -0.3 is 9.84 Å². The van der Waals surface area contributed by atoms with Crippen molar-refractivity contribution in [1.82, 2.24) is 0 Å². The second-order valence-electron chi connectivity index (χ2n) is 3.76. The maximum atomic E-state index is 10.6. The molecule has 1 rings (SSSR count). The number of nitro benzene ring substituents is 1. The zero-order valence-electron chi connectivity index (χ0n) is 9.68. The predicted octanol–water partition coefficient (Wildman–Crippen LogP) is 2.43. The van der Waals surface area contributed by atoms with Crippen molar-refractivity contribution in [2.24, 2.45) is 0 Å². The van der Waals surface area contributed by atoms with Crippen molar-refractivity contribution in [1.29, 1.82) is 0 Å². The van der Waals surface area contributed by atoms with E-state index in [1.54, 1.807) is 0 Å². The Morgan fingerprint density at radius 2 is 2.29 bits per heavy atom. The Hall–Kier alpha value is -1.88. The number of rotatable bonds is 6. The molecule has 1 N–H and O–H groups in total. The number of ether oxygens (including phenoxy) is 1. The van der Waals surface area contributed by atoms with Crippen molar-refractivity contribution in [2.45, 2.75) is 20.0 Å². The van der Waals surface area contributed by atoms with Gasteiger partial charge in [0.25, 0.3) is 5.69 Å². The molecule has 0 radical (unpaired) electrons. The van der Waals surface area contributed by atoms with Gasteiger partial charge in [-0.25, -0.2) is 0 Å². The smallest absolute Gasteiger partial charge is 0.270 e. The van der Waals surface area contributed by atoms with Crippen molar-refractivity contribution in [3.05, 3.63) is 46.0 Å². The van der Waals surface area contributed by atoms with Gasteiger partial charge in [-0.1, -0.05) is 5.57 Å². The van der Waals surface area contributed by atoms with Gasteiger partial charge in [-0.15, -0.1) is 6.58 Å². The highest BCUT2D eigenvalue weighted by Crippen LogP contribution is 2.24. The lowest BCUT2D eigenvalue weighted by Crippen LogP contribution is -2.01. The maximum Gasteiger partial charge on any atom is 0.270 e. The lowest BCUT2D eigenvalue weighted by molar-refractivity contribution is -0.385. The number of non-ortho nitro benzene ring substituents is 1. The van der Waals surface area contributed by atoms with Crippen LogP contribution in [0, 0.1) is 10.1 Å². The summed E-state index contributed by atoms with van der Waals surface area (Å²) in [5.74, 6) is 0.472. The van der Waals surface area contributed by atoms with Crippen molar-refractivity contribution >= 4 is 5.69 Å². The fraction of sp³-hybridized carbons (Fsp3) is 0.333. The number of hydrogen-bond acceptors (Lipinski definition) is 4. The van der Waals surface area contributed by atoms with Crippen LogP contribution in [0.2, 0.25) is 0 Å². The molecule has 92 valence electrons. The first-order valence-electron chi connectivity index (χ1n) is 5.20. The number of nitrogens with zero attached hydrogens (tertiary/aromatic N) is 1. The fourth-order valence-corrected chi connectivity index (χ4v) is 1.28. The van der Waals surface area contributed by atoms with Crippen molar-refractivity contribution < 1.29 is 14.8 Å². The Bertz CT molecular complexity index is 429. The van der Waals surface area contributed by atoms with Crippen LogP contribution >= 0.6 is 0 Å². The van der Waals surface area contributed by atoms with Crippen LogP contribution in [0.3, 0.4) is 0 Å². The van der Waals surface area contributed by atoms with Crippen LogP contribution < -0.4 is 4.74 Å². The third-order valence-electron chi connectivity index (χ3n) is 2.21. The zero-order valence-corrected chi connectivity index (χ0v) is 9.68. The lowest BCUT2D eigenvalue weighted by Gasteiger charge is -2.09. The van der Waals surface area contributed by atoms with Gasteiger partial charge in [-0.2, -0.15) is 0 Å². The number of nitro groups is 1. The number of aliphatic hydroxyl groups excluding tert-OH is 1. The van der Waals surface area contributed by atoms with E-state index in [9.17, 15) is 10.1 Å². The van der Waals surface area contributed by atoms with Crippen molar-refractivity contribution in [2.75, 3.05) is 6.61 Å². The summed E-state index contributed by atoms with van der Waals surface area (Å²) in [6, 6.07) is 4.17. The summed E-state index contributed by atoms with van der Waals surface area (Å²) in [6.45, 7) is 5.80. The fourth-order valence-electron chi connectivity index (χ4n) is 1.28. The highest BCUT2D eigenvalue weighted by Gasteiger charge is 2.10. The van der Waals surface area contributed by atoms with Crippen LogP contribution in [0.1, 0.15) is 18.9 Å². The van der Waals surface area contributed by atoms with Gasteiger partial charge in [-0.3, -0.25) is 10.1 Å². The van der Waals surface area contributed by atoms with Gasteiger partial charge in [0.2, 0.25) is 0 Å². The van der Waals surface area contributed by atoms with Crippen LogP contribution in [0.15, 0.2) is 30.4 Å². The first-order valence-corrected chi connectivity index (χ1v) is 5.20. The van der Waals surface area contributed by atoms with Crippen LogP contribution in [-0.4, -0.2) is 16.6 Å². The second kappa shape index (κ2) is 6.00. The molecule has 5 heteroatoms. The summed E-state index contributed by atoms with van der Waals surface area (Å²) in [4.78, 5) is 10.1. The van der Waals surface area contributed by atoms with E-state index in [1.165, 1.54) is 18.2 Å². The van der Waals surface area contributed by atoms with Crippen LogP contribution in [-0.2, 0) is 6.61 Å². The van der Waals surface area contributed by atoms with E-state index in [-0.39, 0.29) is 12.3 Å². The molecule has 0 heterocycles. The minimum absolute atomic E-state index is 0.0544. The SMILES string of the molecule is C=C(C)CCOc1ccc([N+](=O)[O-])cc1CO. The van der Waals surface area contributed by atoms with E-state index >= 15 is 0 Å². The molecule has 0 fully saturated rings. The molecule has 0 aliphatic heterocycles. The summed E-state index contributed by atoms with van der Waals surface area (Å²) in [5.41, 5.74) is 1.36. The third kappa shape index (κ3) is 3.88. The molecule has 0 spiro atoms. The zero-order chi connectivity index (χ0) is 12.8. The molecule has 0 saturated heterocycles. The number of aliphatic hydroxyl groups is 1. The average Bonchev–Trinajstić information content (AvgIpc) is 2.28. The average molecular weight is 237 g/mol. The van der Waals surface area contributed by atoms with Gasteiger partial charge in [-0.05, 0) is 13.0 Å². The molecule has 5 nitrogen and oxygen atoms in total. The normalized spacial score (nSPS) is 10.0. The van der Waals surface area contributed by atoms with Gasteiger partial charge in [0.15, 0.2) is 0 Å². The van der Waals surface area contributed by atoms with E-state index in [2.05, 4.69) is 6.58 Å². The molecule has 0 aliphatic rings. The first kappa shape index (κ1) is 13.2. The topological polar surface area (TPSA) is 72.6 Å². The second-order valence-corrected chi connectivity index (χ2v) is 3.76. The molecule has 17 heavy (non-hydrogen) atoms. The van der Waals surface area contributed by atoms with Crippen LogP contribution in [0.25, 0.3) is 0 Å². The largest absolute Gasteiger partial charge is 0.493 e. The van der Waals surface area contributed by atoms with E-state index in [0.29, 0.717) is 24.3 Å². The summed E-state index contributed by atoms with van der Waals surface area (Å²) < 4.78 is 5.43. The molecular weight excluding hydrogens is 222 g/mol. The summed E-state index contributed by atoms with van der Waals surface area (Å²) in [7, 11) is 0. The Kier molecular flexibility index (Phi) is 4.66. The summed E-state index contributed by atoms with van der Waals surface area (Å²) in [5, 5.41) is 19.7.